The molecule has 3 aromatic rings. The van der Waals surface area contributed by atoms with Crippen LogP contribution in [0.5, 0.6) is 0 Å². The Hall–Kier alpha value is -2.69. The van der Waals surface area contributed by atoms with Crippen molar-refractivity contribution < 1.29 is 9.53 Å². The number of fused-ring (bicyclic) bond motifs is 1. The minimum Gasteiger partial charge on any atom is -0.360 e. The average Bonchev–Trinajstić information content (AvgIpc) is 3.36. The minimum atomic E-state index is -0.483. The molecule has 4 nitrogen and oxygen atoms in total. The molecule has 1 saturated heterocycles. The second-order valence-electron chi connectivity index (χ2n) is 8.41. The van der Waals surface area contributed by atoms with Gasteiger partial charge >= 0.3 is 0 Å². The Morgan fingerprint density at radius 2 is 1.61 bits per heavy atom. The molecular formula is C27H32N2O2. The largest absolute Gasteiger partial charge is 0.360 e. The fraction of sp³-hybridized carbons (Fsp3) is 0.370. The third-order valence-corrected chi connectivity index (χ3v) is 6.24. The minimum absolute atomic E-state index is 0.0748. The van der Waals surface area contributed by atoms with E-state index >= 15 is 0 Å². The van der Waals surface area contributed by atoms with Gasteiger partial charge in [-0.25, -0.2) is 0 Å². The maximum absolute atomic E-state index is 13.0. The van der Waals surface area contributed by atoms with Crippen LogP contribution in [0.2, 0.25) is 0 Å². The van der Waals surface area contributed by atoms with Crippen LogP contribution in [0.25, 0.3) is 10.8 Å². The van der Waals surface area contributed by atoms with E-state index in [2.05, 4.69) is 59.9 Å². The number of likely N-dealkylation sites (N-methyl/N-ethyl adjacent to an activating group) is 1. The van der Waals surface area contributed by atoms with Gasteiger partial charge in [-0.15, -0.1) is 0 Å². The molecule has 0 saturated carbocycles. The fourth-order valence-corrected chi connectivity index (χ4v) is 4.58. The average molecular weight is 417 g/mol. The van der Waals surface area contributed by atoms with Gasteiger partial charge in [-0.1, -0.05) is 72.8 Å². The summed E-state index contributed by atoms with van der Waals surface area (Å²) in [5, 5.41) is 5.79. The quantitative estimate of drug-likeness (QED) is 0.567. The Bertz CT molecular complexity index is 998. The summed E-state index contributed by atoms with van der Waals surface area (Å²) >= 11 is 0. The lowest BCUT2D eigenvalue weighted by molar-refractivity contribution is -0.146. The lowest BCUT2D eigenvalue weighted by Gasteiger charge is -2.32. The zero-order valence-corrected chi connectivity index (χ0v) is 18.5. The molecule has 4 rings (SSSR count). The maximum Gasteiger partial charge on any atom is 0.251 e. The molecule has 0 unspecified atom stereocenters. The number of carbonyl (C=O) groups excluding carboxylic acids is 1. The van der Waals surface area contributed by atoms with E-state index in [0.717, 1.165) is 38.0 Å². The van der Waals surface area contributed by atoms with Gasteiger partial charge in [0.1, 0.15) is 6.10 Å². The van der Waals surface area contributed by atoms with Crippen molar-refractivity contribution in [1.29, 1.82) is 0 Å². The summed E-state index contributed by atoms with van der Waals surface area (Å²) in [4.78, 5) is 14.9. The highest BCUT2D eigenvalue weighted by Crippen LogP contribution is 2.36. The first kappa shape index (κ1) is 21.5. The number of ether oxygens (including phenoxy) is 1. The standard InChI is InChI=1S/C27H32N2O2/c1-20(27(30)29-16-8-9-17-29)31-26(22-11-4-3-5-12-22)25(19-28-2)24-15-14-21-10-6-7-13-23(21)18-24/h3-7,10-15,18,20,25-26,28H,8-9,16-17,19H2,1-2H3/t20-,25-,26-/m1/s1. The lowest BCUT2D eigenvalue weighted by Crippen LogP contribution is -2.39. The highest BCUT2D eigenvalue weighted by atomic mass is 16.5. The van der Waals surface area contributed by atoms with Crippen molar-refractivity contribution in [2.24, 2.45) is 0 Å². The van der Waals surface area contributed by atoms with Gasteiger partial charge in [0.05, 0.1) is 6.10 Å². The summed E-state index contributed by atoms with van der Waals surface area (Å²) in [6, 6.07) is 25.3. The molecule has 0 spiro atoms. The summed E-state index contributed by atoms with van der Waals surface area (Å²) in [6.07, 6.45) is 1.46. The van der Waals surface area contributed by atoms with Gasteiger partial charge < -0.3 is 15.0 Å². The van der Waals surface area contributed by atoms with Crippen molar-refractivity contribution in [3.8, 4) is 0 Å². The predicted octanol–water partition coefficient (Wildman–Crippen LogP) is 4.91. The monoisotopic (exact) mass is 416 g/mol. The Balaban J connectivity index is 1.67. The molecule has 4 heteroatoms. The van der Waals surface area contributed by atoms with E-state index in [1.165, 1.54) is 16.3 Å². The van der Waals surface area contributed by atoms with E-state index in [1.54, 1.807) is 0 Å². The van der Waals surface area contributed by atoms with E-state index in [4.69, 9.17) is 4.74 Å². The van der Waals surface area contributed by atoms with Crippen LogP contribution in [0.15, 0.2) is 72.8 Å². The number of rotatable bonds is 8. The van der Waals surface area contributed by atoms with Gasteiger partial charge in [0.25, 0.3) is 5.91 Å². The third kappa shape index (κ3) is 4.97. The van der Waals surface area contributed by atoms with Crippen LogP contribution in [-0.4, -0.2) is 43.6 Å². The molecular weight excluding hydrogens is 384 g/mol. The molecule has 3 aromatic carbocycles. The Morgan fingerprint density at radius 3 is 2.32 bits per heavy atom. The SMILES string of the molecule is CNC[C@H](c1ccc2ccccc2c1)[C@H](O[C@H](C)C(=O)N1CCCC1)c1ccccc1. The normalized spacial score (nSPS) is 16.9. The van der Waals surface area contributed by atoms with Crippen molar-refractivity contribution in [1.82, 2.24) is 10.2 Å². The van der Waals surface area contributed by atoms with Crippen molar-refractivity contribution in [2.75, 3.05) is 26.7 Å². The topological polar surface area (TPSA) is 41.6 Å². The Kier molecular flexibility index (Phi) is 7.00. The summed E-state index contributed by atoms with van der Waals surface area (Å²) < 4.78 is 6.56. The summed E-state index contributed by atoms with van der Waals surface area (Å²) in [7, 11) is 1.97. The van der Waals surface area contributed by atoms with Crippen LogP contribution in [0.1, 0.15) is 42.9 Å². The Morgan fingerprint density at radius 1 is 0.935 bits per heavy atom. The van der Waals surface area contributed by atoms with Crippen molar-refractivity contribution in [2.45, 2.75) is 37.9 Å². The number of likely N-dealkylation sites (tertiary alicyclic amines) is 1. The van der Waals surface area contributed by atoms with E-state index in [1.807, 2.05) is 37.1 Å². The van der Waals surface area contributed by atoms with Gasteiger partial charge in [0, 0.05) is 25.6 Å². The second-order valence-corrected chi connectivity index (χ2v) is 8.41. The van der Waals surface area contributed by atoms with Crippen LogP contribution < -0.4 is 5.32 Å². The molecule has 0 aromatic heterocycles. The first-order valence-electron chi connectivity index (χ1n) is 11.3. The second kappa shape index (κ2) is 10.1. The Labute approximate surface area is 185 Å². The van der Waals surface area contributed by atoms with Crippen LogP contribution >= 0.6 is 0 Å². The fourth-order valence-electron chi connectivity index (χ4n) is 4.58. The molecule has 162 valence electrons. The van der Waals surface area contributed by atoms with Crippen molar-refractivity contribution >= 4 is 16.7 Å². The number of carbonyl (C=O) groups is 1. The smallest absolute Gasteiger partial charge is 0.251 e. The predicted molar refractivity (Wildman–Crippen MR) is 126 cm³/mol. The number of benzene rings is 3. The lowest BCUT2D eigenvalue weighted by atomic mass is 9.87. The van der Waals surface area contributed by atoms with Gasteiger partial charge in [0.15, 0.2) is 0 Å². The molecule has 1 aliphatic rings. The highest BCUT2D eigenvalue weighted by Gasteiger charge is 2.31. The van der Waals surface area contributed by atoms with E-state index in [0.29, 0.717) is 0 Å². The van der Waals surface area contributed by atoms with E-state index < -0.39 is 6.10 Å². The molecule has 1 N–H and O–H groups in total. The molecule has 0 bridgehead atoms. The zero-order chi connectivity index (χ0) is 21.6. The van der Waals surface area contributed by atoms with Crippen molar-refractivity contribution in [3.05, 3.63) is 83.9 Å². The summed E-state index contributed by atoms with van der Waals surface area (Å²) in [5.41, 5.74) is 2.31. The molecule has 0 radical (unpaired) electrons. The number of hydrogen-bond donors (Lipinski definition) is 1. The van der Waals surface area contributed by atoms with E-state index in [9.17, 15) is 4.79 Å². The summed E-state index contributed by atoms with van der Waals surface area (Å²) in [5.74, 6) is 0.172. The van der Waals surface area contributed by atoms with Crippen molar-refractivity contribution in [3.63, 3.8) is 0 Å². The highest BCUT2D eigenvalue weighted by molar-refractivity contribution is 5.83. The summed E-state index contributed by atoms with van der Waals surface area (Å²) in [6.45, 7) is 4.33. The molecule has 0 aliphatic carbocycles. The van der Waals surface area contributed by atoms with Crippen LogP contribution in [-0.2, 0) is 9.53 Å². The molecule has 1 aliphatic heterocycles. The van der Waals surface area contributed by atoms with E-state index in [-0.39, 0.29) is 17.9 Å². The zero-order valence-electron chi connectivity index (χ0n) is 18.5. The van der Waals surface area contributed by atoms with Crippen LogP contribution in [0.4, 0.5) is 0 Å². The first-order valence-corrected chi connectivity index (χ1v) is 11.3. The van der Waals surface area contributed by atoms with Crippen LogP contribution in [0, 0.1) is 0 Å². The molecule has 1 fully saturated rings. The number of nitrogens with zero attached hydrogens (tertiary/aromatic N) is 1. The first-order chi connectivity index (χ1) is 15.2. The van der Waals surface area contributed by atoms with Gasteiger partial charge in [0.2, 0.25) is 0 Å². The van der Waals surface area contributed by atoms with Gasteiger partial charge in [-0.05, 0) is 48.7 Å². The number of hydrogen-bond acceptors (Lipinski definition) is 3. The third-order valence-electron chi connectivity index (χ3n) is 6.24. The number of nitrogens with one attached hydrogen (secondary N) is 1. The molecule has 1 heterocycles. The molecule has 3 atom stereocenters. The maximum atomic E-state index is 13.0. The van der Waals surface area contributed by atoms with Crippen LogP contribution in [0.3, 0.4) is 0 Å². The van der Waals surface area contributed by atoms with Gasteiger partial charge in [-0.2, -0.15) is 0 Å². The molecule has 1 amide bonds. The van der Waals surface area contributed by atoms with Gasteiger partial charge in [-0.3, -0.25) is 4.79 Å². The molecule has 31 heavy (non-hydrogen) atoms. The number of amides is 1.